The molecule has 0 aliphatic carbocycles. The van der Waals surface area contributed by atoms with E-state index in [1.54, 1.807) is 7.11 Å². The van der Waals surface area contributed by atoms with Gasteiger partial charge in [0.2, 0.25) is 0 Å². The molecule has 0 atom stereocenters. The van der Waals surface area contributed by atoms with Crippen molar-refractivity contribution in [1.82, 2.24) is 4.98 Å². The van der Waals surface area contributed by atoms with Crippen molar-refractivity contribution in [2.24, 2.45) is 5.84 Å². The first kappa shape index (κ1) is 7.46. The molecule has 1 rings (SSSR count). The molecule has 0 saturated carbocycles. The van der Waals surface area contributed by atoms with E-state index >= 15 is 0 Å². The van der Waals surface area contributed by atoms with E-state index in [1.807, 2.05) is 5.38 Å². The van der Waals surface area contributed by atoms with E-state index < -0.39 is 0 Å². The molecule has 0 aromatic carbocycles. The lowest BCUT2D eigenvalue weighted by Crippen LogP contribution is -2.06. The largest absolute Gasteiger partial charge is 0.378 e. The van der Waals surface area contributed by atoms with Crippen molar-refractivity contribution in [2.75, 3.05) is 12.5 Å². The normalized spacial score (nSPS) is 9.80. The third-order valence-electron chi connectivity index (χ3n) is 0.967. The summed E-state index contributed by atoms with van der Waals surface area (Å²) in [4.78, 5) is 4.08. The predicted octanol–water partition coefficient (Wildman–Crippen LogP) is 0.575. The zero-order valence-corrected chi connectivity index (χ0v) is 6.44. The molecule has 1 aromatic rings. The summed E-state index contributed by atoms with van der Waals surface area (Å²) in [6, 6.07) is 0. The molecule has 1 aromatic heterocycles. The van der Waals surface area contributed by atoms with Crippen LogP contribution in [0.4, 0.5) is 5.13 Å². The van der Waals surface area contributed by atoms with E-state index in [2.05, 4.69) is 10.4 Å². The van der Waals surface area contributed by atoms with Crippen LogP contribution in [0.2, 0.25) is 0 Å². The zero-order valence-electron chi connectivity index (χ0n) is 5.63. The third-order valence-corrected chi connectivity index (χ3v) is 1.79. The number of nitrogen functional groups attached to an aromatic ring is 1. The molecule has 56 valence electrons. The van der Waals surface area contributed by atoms with Crippen LogP contribution in [-0.2, 0) is 11.3 Å². The van der Waals surface area contributed by atoms with E-state index in [9.17, 15) is 0 Å². The fourth-order valence-electron chi connectivity index (χ4n) is 0.587. The number of ether oxygens (including phenoxy) is 1. The molecule has 0 radical (unpaired) electrons. The molecular formula is C5H9N3OS. The second-order valence-electron chi connectivity index (χ2n) is 1.72. The Morgan fingerprint density at radius 1 is 1.90 bits per heavy atom. The molecule has 4 nitrogen and oxygen atoms in total. The highest BCUT2D eigenvalue weighted by molar-refractivity contribution is 7.13. The third kappa shape index (κ3) is 1.66. The summed E-state index contributed by atoms with van der Waals surface area (Å²) in [5, 5.41) is 2.62. The average Bonchev–Trinajstić information content (AvgIpc) is 2.37. The van der Waals surface area contributed by atoms with Gasteiger partial charge in [-0.05, 0) is 0 Å². The lowest BCUT2D eigenvalue weighted by Gasteiger charge is -1.90. The topological polar surface area (TPSA) is 60.2 Å². The summed E-state index contributed by atoms with van der Waals surface area (Å²) < 4.78 is 4.86. The molecule has 10 heavy (non-hydrogen) atoms. The maximum Gasteiger partial charge on any atom is 0.197 e. The van der Waals surface area contributed by atoms with Crippen LogP contribution in [0.3, 0.4) is 0 Å². The van der Waals surface area contributed by atoms with Crippen LogP contribution in [0.5, 0.6) is 0 Å². The number of anilines is 1. The van der Waals surface area contributed by atoms with Gasteiger partial charge in [0.1, 0.15) is 0 Å². The van der Waals surface area contributed by atoms with Crippen molar-refractivity contribution >= 4 is 16.5 Å². The Morgan fingerprint density at radius 2 is 2.70 bits per heavy atom. The van der Waals surface area contributed by atoms with Crippen molar-refractivity contribution in [3.63, 3.8) is 0 Å². The second kappa shape index (κ2) is 3.50. The maximum absolute atomic E-state index is 5.12. The van der Waals surface area contributed by atoms with Gasteiger partial charge in [0.05, 0.1) is 12.3 Å². The van der Waals surface area contributed by atoms with Crippen LogP contribution in [0.15, 0.2) is 5.38 Å². The summed E-state index contributed by atoms with van der Waals surface area (Å²) in [5.74, 6) is 5.12. The summed E-state index contributed by atoms with van der Waals surface area (Å²) in [5.41, 5.74) is 3.36. The first-order valence-electron chi connectivity index (χ1n) is 2.76. The number of hydrogen-bond donors (Lipinski definition) is 2. The summed E-state index contributed by atoms with van der Waals surface area (Å²) in [6.45, 7) is 0.540. The lowest BCUT2D eigenvalue weighted by atomic mass is 10.5. The summed E-state index contributed by atoms with van der Waals surface area (Å²) in [7, 11) is 1.63. The fourth-order valence-corrected chi connectivity index (χ4v) is 1.19. The van der Waals surface area contributed by atoms with Gasteiger partial charge in [-0.3, -0.25) is 5.43 Å². The Hall–Kier alpha value is -0.650. The van der Waals surface area contributed by atoms with E-state index in [0.717, 1.165) is 5.69 Å². The molecule has 3 N–H and O–H groups in total. The van der Waals surface area contributed by atoms with Gasteiger partial charge in [0, 0.05) is 12.5 Å². The van der Waals surface area contributed by atoms with Gasteiger partial charge in [0.25, 0.3) is 0 Å². The molecule has 0 unspecified atom stereocenters. The molecule has 0 spiro atoms. The molecule has 1 heterocycles. The van der Waals surface area contributed by atoms with Crippen molar-refractivity contribution in [3.8, 4) is 0 Å². The molecule has 0 fully saturated rings. The van der Waals surface area contributed by atoms with E-state index in [1.165, 1.54) is 11.3 Å². The number of nitrogens with two attached hydrogens (primary N) is 1. The zero-order chi connectivity index (χ0) is 7.40. The van der Waals surface area contributed by atoms with Crippen molar-refractivity contribution in [2.45, 2.75) is 6.61 Å². The Morgan fingerprint density at radius 3 is 3.20 bits per heavy atom. The first-order valence-corrected chi connectivity index (χ1v) is 3.64. The van der Waals surface area contributed by atoms with Gasteiger partial charge >= 0.3 is 0 Å². The maximum atomic E-state index is 5.12. The second-order valence-corrected chi connectivity index (χ2v) is 2.58. The standard InChI is InChI=1S/C5H9N3OS/c1-9-2-4-3-10-5(7-4)8-6/h3H,2,6H2,1H3,(H,7,8). The summed E-state index contributed by atoms with van der Waals surface area (Å²) in [6.07, 6.45) is 0. The smallest absolute Gasteiger partial charge is 0.197 e. The van der Waals surface area contributed by atoms with Crippen LogP contribution >= 0.6 is 11.3 Å². The quantitative estimate of drug-likeness (QED) is 0.500. The molecule has 0 saturated heterocycles. The number of nitrogens with zero attached hydrogens (tertiary/aromatic N) is 1. The van der Waals surface area contributed by atoms with Gasteiger partial charge in [-0.1, -0.05) is 0 Å². The Kier molecular flexibility index (Phi) is 2.61. The Bertz CT molecular complexity index is 201. The number of aromatic nitrogens is 1. The molecular weight excluding hydrogens is 150 g/mol. The molecule has 0 bridgehead atoms. The van der Waals surface area contributed by atoms with Crippen molar-refractivity contribution < 1.29 is 4.74 Å². The van der Waals surface area contributed by atoms with E-state index in [0.29, 0.717) is 11.7 Å². The number of nitrogens with one attached hydrogen (secondary N) is 1. The lowest BCUT2D eigenvalue weighted by molar-refractivity contribution is 0.182. The number of methoxy groups -OCH3 is 1. The SMILES string of the molecule is COCc1csc(NN)n1. The van der Waals surface area contributed by atoms with E-state index in [-0.39, 0.29) is 0 Å². The first-order chi connectivity index (χ1) is 4.86. The predicted molar refractivity (Wildman–Crippen MR) is 40.6 cm³/mol. The highest BCUT2D eigenvalue weighted by atomic mass is 32.1. The van der Waals surface area contributed by atoms with E-state index in [4.69, 9.17) is 10.6 Å². The average molecular weight is 159 g/mol. The van der Waals surface area contributed by atoms with Gasteiger partial charge in [-0.15, -0.1) is 11.3 Å². The minimum Gasteiger partial charge on any atom is -0.378 e. The minimum atomic E-state index is 0.540. The number of thiazole rings is 1. The number of rotatable bonds is 3. The fraction of sp³-hybridized carbons (Fsp3) is 0.400. The Labute approximate surface area is 63.0 Å². The molecule has 0 amide bonds. The van der Waals surface area contributed by atoms with Gasteiger partial charge in [-0.2, -0.15) is 0 Å². The summed E-state index contributed by atoms with van der Waals surface area (Å²) >= 11 is 1.46. The van der Waals surface area contributed by atoms with Crippen LogP contribution in [-0.4, -0.2) is 12.1 Å². The van der Waals surface area contributed by atoms with Gasteiger partial charge in [0.15, 0.2) is 5.13 Å². The van der Waals surface area contributed by atoms with Crippen LogP contribution < -0.4 is 11.3 Å². The molecule has 0 aliphatic heterocycles. The van der Waals surface area contributed by atoms with Gasteiger partial charge in [-0.25, -0.2) is 10.8 Å². The van der Waals surface area contributed by atoms with Crippen LogP contribution in [0.25, 0.3) is 0 Å². The van der Waals surface area contributed by atoms with Crippen LogP contribution in [0, 0.1) is 0 Å². The number of hydrazine groups is 1. The van der Waals surface area contributed by atoms with Gasteiger partial charge < -0.3 is 4.74 Å². The van der Waals surface area contributed by atoms with Crippen LogP contribution in [0.1, 0.15) is 5.69 Å². The highest BCUT2D eigenvalue weighted by Crippen LogP contribution is 2.13. The van der Waals surface area contributed by atoms with Crippen molar-refractivity contribution in [3.05, 3.63) is 11.1 Å². The molecule has 0 aliphatic rings. The monoisotopic (exact) mass is 159 g/mol. The van der Waals surface area contributed by atoms with Crippen molar-refractivity contribution in [1.29, 1.82) is 0 Å². The number of hydrogen-bond acceptors (Lipinski definition) is 5. The Balaban J connectivity index is 2.59. The highest BCUT2D eigenvalue weighted by Gasteiger charge is 1.97. The molecule has 5 heteroatoms. The minimum absolute atomic E-state index is 0.540.